The molecule has 0 amide bonds. The van der Waals surface area contributed by atoms with E-state index in [0.29, 0.717) is 44.0 Å². The second-order valence-electron chi connectivity index (χ2n) is 10.0. The molecule has 0 saturated carbocycles. The number of benzene rings is 1. The van der Waals surface area contributed by atoms with E-state index >= 15 is 0 Å². The van der Waals surface area contributed by atoms with Crippen molar-refractivity contribution in [1.29, 1.82) is 5.41 Å². The number of ether oxygens (including phenoxy) is 3. The molecule has 3 aromatic rings. The van der Waals surface area contributed by atoms with E-state index in [0.717, 1.165) is 17.0 Å². The number of aromatic carboxylic acids is 1. The number of hydrogen-bond donors (Lipinski definition) is 2. The fourth-order valence-electron chi connectivity index (χ4n) is 4.58. The molecule has 4 rings (SSSR count). The first kappa shape index (κ1) is 26.3. The van der Waals surface area contributed by atoms with E-state index < -0.39 is 5.97 Å². The van der Waals surface area contributed by atoms with Gasteiger partial charge in [0.25, 0.3) is 0 Å². The SMILES string of the molecule is CCOc1cc2cn(CC(=O)c3cc(N4CCOCC4)c(OC)c(C(C)(C)C)c3)c(=N)n2cc1C(=O)O. The van der Waals surface area contributed by atoms with Crippen molar-refractivity contribution in [2.45, 2.75) is 39.7 Å². The summed E-state index contributed by atoms with van der Waals surface area (Å²) >= 11 is 0. The fourth-order valence-corrected chi connectivity index (χ4v) is 4.58. The number of carbonyl (C=O) groups excluding carboxylic acids is 1. The highest BCUT2D eigenvalue weighted by Gasteiger charge is 2.27. The summed E-state index contributed by atoms with van der Waals surface area (Å²) in [7, 11) is 1.65. The Bertz CT molecular complexity index is 1390. The van der Waals surface area contributed by atoms with Gasteiger partial charge in [-0.3, -0.25) is 14.6 Å². The van der Waals surface area contributed by atoms with Crippen LogP contribution in [0, 0.1) is 5.41 Å². The summed E-state index contributed by atoms with van der Waals surface area (Å²) in [6.45, 7) is 10.8. The molecule has 10 nitrogen and oxygen atoms in total. The lowest BCUT2D eigenvalue weighted by Gasteiger charge is -2.33. The molecule has 1 aliphatic heterocycles. The largest absolute Gasteiger partial charge is 0.494 e. The minimum Gasteiger partial charge on any atom is -0.494 e. The van der Waals surface area contributed by atoms with E-state index in [1.54, 1.807) is 26.3 Å². The third-order valence-electron chi connectivity index (χ3n) is 6.47. The van der Waals surface area contributed by atoms with Gasteiger partial charge < -0.3 is 28.8 Å². The number of carbonyl (C=O) groups is 2. The average Bonchev–Trinajstić information content (AvgIpc) is 3.16. The Balaban J connectivity index is 1.76. The van der Waals surface area contributed by atoms with Crippen LogP contribution in [0.5, 0.6) is 11.5 Å². The van der Waals surface area contributed by atoms with Crippen molar-refractivity contribution in [1.82, 2.24) is 8.97 Å². The highest BCUT2D eigenvalue weighted by Crippen LogP contribution is 2.40. The molecule has 0 atom stereocenters. The Hall–Kier alpha value is -3.79. The Morgan fingerprint density at radius 2 is 1.84 bits per heavy atom. The van der Waals surface area contributed by atoms with E-state index in [1.165, 1.54) is 15.2 Å². The van der Waals surface area contributed by atoms with Gasteiger partial charge in [-0.1, -0.05) is 20.8 Å². The zero-order valence-corrected chi connectivity index (χ0v) is 22.0. The molecule has 3 heterocycles. The first-order valence-electron chi connectivity index (χ1n) is 12.3. The lowest BCUT2D eigenvalue weighted by Crippen LogP contribution is -2.37. The molecule has 37 heavy (non-hydrogen) atoms. The molecule has 2 aromatic heterocycles. The van der Waals surface area contributed by atoms with Crippen LogP contribution in [0.1, 0.15) is 54.0 Å². The van der Waals surface area contributed by atoms with Gasteiger partial charge in [0.1, 0.15) is 17.1 Å². The number of imidazole rings is 1. The zero-order valence-electron chi connectivity index (χ0n) is 22.0. The summed E-state index contributed by atoms with van der Waals surface area (Å²) in [5, 5.41) is 18.2. The summed E-state index contributed by atoms with van der Waals surface area (Å²) in [6, 6.07) is 5.31. The smallest absolute Gasteiger partial charge is 0.341 e. The highest BCUT2D eigenvalue weighted by atomic mass is 16.5. The summed E-state index contributed by atoms with van der Waals surface area (Å²) in [6.07, 6.45) is 3.01. The number of hydrogen-bond acceptors (Lipinski definition) is 7. The Labute approximate surface area is 215 Å². The molecule has 1 fully saturated rings. The maximum Gasteiger partial charge on any atom is 0.341 e. The Morgan fingerprint density at radius 3 is 2.43 bits per heavy atom. The number of fused-ring (bicyclic) bond motifs is 1. The molecular weight excluding hydrogens is 476 g/mol. The first-order valence-corrected chi connectivity index (χ1v) is 12.3. The van der Waals surface area contributed by atoms with Crippen LogP contribution in [0.2, 0.25) is 0 Å². The molecule has 10 heteroatoms. The number of anilines is 1. The second kappa shape index (κ2) is 10.3. The first-order chi connectivity index (χ1) is 17.5. The van der Waals surface area contributed by atoms with Crippen LogP contribution in [0.25, 0.3) is 5.52 Å². The highest BCUT2D eigenvalue weighted by molar-refractivity contribution is 5.98. The van der Waals surface area contributed by atoms with Gasteiger partial charge in [0, 0.05) is 42.7 Å². The molecule has 0 radical (unpaired) electrons. The van der Waals surface area contributed by atoms with Crippen LogP contribution in [0.15, 0.2) is 30.6 Å². The maximum absolute atomic E-state index is 13.6. The van der Waals surface area contributed by atoms with Gasteiger partial charge in [0.15, 0.2) is 5.78 Å². The van der Waals surface area contributed by atoms with Crippen LogP contribution in [-0.2, 0) is 16.7 Å². The number of carboxylic acids is 1. The third kappa shape index (κ3) is 5.20. The monoisotopic (exact) mass is 510 g/mol. The fraction of sp³-hybridized carbons (Fsp3) is 0.444. The van der Waals surface area contributed by atoms with Gasteiger partial charge in [-0.25, -0.2) is 4.79 Å². The zero-order chi connectivity index (χ0) is 26.9. The van der Waals surface area contributed by atoms with Gasteiger partial charge in [-0.2, -0.15) is 0 Å². The number of pyridine rings is 1. The van der Waals surface area contributed by atoms with Crippen LogP contribution in [0.3, 0.4) is 0 Å². The molecular formula is C27H34N4O6. The Kier molecular flexibility index (Phi) is 7.31. The molecule has 0 spiro atoms. The molecule has 1 aromatic carbocycles. The predicted octanol–water partition coefficient (Wildman–Crippen LogP) is 3.34. The van der Waals surface area contributed by atoms with E-state index in [9.17, 15) is 14.7 Å². The minimum absolute atomic E-state index is 0.00754. The molecule has 1 aliphatic rings. The minimum atomic E-state index is -1.15. The third-order valence-corrected chi connectivity index (χ3v) is 6.47. The molecule has 1 saturated heterocycles. The van der Waals surface area contributed by atoms with Gasteiger partial charge in [-0.15, -0.1) is 0 Å². The summed E-state index contributed by atoms with van der Waals surface area (Å²) in [4.78, 5) is 27.5. The number of Topliss-reactive ketones (excluding diaryl/α,β-unsaturated/α-hetero) is 1. The second-order valence-corrected chi connectivity index (χ2v) is 10.0. The van der Waals surface area contributed by atoms with E-state index in [-0.39, 0.29) is 34.7 Å². The van der Waals surface area contributed by atoms with Crippen LogP contribution in [0.4, 0.5) is 5.69 Å². The van der Waals surface area contributed by atoms with Crippen molar-refractivity contribution in [2.75, 3.05) is 44.9 Å². The molecule has 198 valence electrons. The molecule has 2 N–H and O–H groups in total. The summed E-state index contributed by atoms with van der Waals surface area (Å²) in [5.74, 6) is -0.345. The number of carboxylic acid groups (broad SMARTS) is 1. The lowest BCUT2D eigenvalue weighted by atomic mass is 9.84. The van der Waals surface area contributed by atoms with Crippen molar-refractivity contribution in [3.63, 3.8) is 0 Å². The van der Waals surface area contributed by atoms with Crippen molar-refractivity contribution < 1.29 is 28.9 Å². The summed E-state index contributed by atoms with van der Waals surface area (Å²) < 4.78 is 19.8. The van der Waals surface area contributed by atoms with E-state index in [1.807, 2.05) is 12.1 Å². The quantitative estimate of drug-likeness (QED) is 0.446. The van der Waals surface area contributed by atoms with E-state index in [4.69, 9.17) is 19.6 Å². The maximum atomic E-state index is 13.6. The number of ketones is 1. The number of morpholine rings is 1. The predicted molar refractivity (Wildman–Crippen MR) is 138 cm³/mol. The molecule has 0 bridgehead atoms. The van der Waals surface area contributed by atoms with Gasteiger partial charge in [-0.05, 0) is 24.5 Å². The van der Waals surface area contributed by atoms with Gasteiger partial charge in [0.2, 0.25) is 5.62 Å². The summed E-state index contributed by atoms with van der Waals surface area (Å²) in [5.41, 5.74) is 2.54. The lowest BCUT2D eigenvalue weighted by molar-refractivity contribution is 0.0691. The number of rotatable bonds is 8. The van der Waals surface area contributed by atoms with Gasteiger partial charge >= 0.3 is 5.97 Å². The standard InChI is InChI=1S/C27H34N4O6/c1-6-37-23-13-18-14-30(26(28)31(18)15-19(23)25(33)34)16-22(32)17-11-20(27(2,3)4)24(35-5)21(12-17)29-7-9-36-10-8-29/h11-15,28H,6-10,16H2,1-5H3,(H,33,34). The number of nitrogens with one attached hydrogen (secondary N) is 1. The van der Waals surface area contributed by atoms with Crippen molar-refractivity contribution >= 4 is 23.0 Å². The Morgan fingerprint density at radius 1 is 1.14 bits per heavy atom. The van der Waals surface area contributed by atoms with Crippen LogP contribution in [-0.4, -0.2) is 65.8 Å². The van der Waals surface area contributed by atoms with Crippen molar-refractivity contribution in [3.8, 4) is 11.5 Å². The van der Waals surface area contributed by atoms with E-state index in [2.05, 4.69) is 25.7 Å². The number of nitrogens with zero attached hydrogens (tertiary/aromatic N) is 3. The van der Waals surface area contributed by atoms with Crippen molar-refractivity contribution in [2.24, 2.45) is 0 Å². The number of methoxy groups -OCH3 is 1. The molecule has 0 unspecified atom stereocenters. The normalized spacial score (nSPS) is 14.1. The number of aromatic nitrogens is 2. The molecule has 0 aliphatic carbocycles. The topological polar surface area (TPSA) is 118 Å². The van der Waals surface area contributed by atoms with Crippen LogP contribution < -0.4 is 20.0 Å². The van der Waals surface area contributed by atoms with Crippen molar-refractivity contribution in [3.05, 3.63) is 52.9 Å². The van der Waals surface area contributed by atoms with Gasteiger partial charge in [0.05, 0.1) is 44.7 Å². The van der Waals surface area contributed by atoms with Crippen LogP contribution >= 0.6 is 0 Å². The average molecular weight is 511 g/mol.